The van der Waals surface area contributed by atoms with Gasteiger partial charge in [0.25, 0.3) is 0 Å². The highest BCUT2D eigenvalue weighted by Gasteiger charge is 2.59. The number of amides is 1. The van der Waals surface area contributed by atoms with Crippen molar-refractivity contribution in [2.45, 2.75) is 82.8 Å². The van der Waals surface area contributed by atoms with Crippen molar-refractivity contribution in [3.05, 3.63) is 23.9 Å². The SMILES string of the molecule is C=CC1=C(N=CCC)CCN(C(=O)[C@@]23CC(C)O[C@@H]2C[C@@H](NC2CCOCC2OC)C3)C1. The summed E-state index contributed by atoms with van der Waals surface area (Å²) >= 11 is 0. The maximum Gasteiger partial charge on any atom is 0.231 e. The average molecular weight is 446 g/mol. The smallest absolute Gasteiger partial charge is 0.231 e. The van der Waals surface area contributed by atoms with Crippen molar-refractivity contribution in [3.8, 4) is 0 Å². The van der Waals surface area contributed by atoms with E-state index < -0.39 is 5.41 Å². The van der Waals surface area contributed by atoms with Crippen molar-refractivity contribution in [2.24, 2.45) is 10.4 Å². The molecule has 3 unspecified atom stereocenters. The minimum atomic E-state index is -0.443. The Kier molecular flexibility index (Phi) is 7.50. The van der Waals surface area contributed by atoms with E-state index in [2.05, 4.69) is 30.7 Å². The van der Waals surface area contributed by atoms with E-state index in [4.69, 9.17) is 14.2 Å². The van der Waals surface area contributed by atoms with E-state index in [0.717, 1.165) is 56.4 Å². The van der Waals surface area contributed by atoms with Gasteiger partial charge in [-0.15, -0.1) is 0 Å². The normalized spacial score (nSPS) is 37.8. The lowest BCUT2D eigenvalue weighted by Crippen LogP contribution is -2.51. The van der Waals surface area contributed by atoms with E-state index in [1.54, 1.807) is 7.11 Å². The molecule has 1 amide bonds. The Bertz CT molecular complexity index is 766. The summed E-state index contributed by atoms with van der Waals surface area (Å²) in [6, 6.07) is 0.507. The molecule has 0 aromatic heterocycles. The molecule has 1 aliphatic carbocycles. The molecule has 7 nitrogen and oxygen atoms in total. The highest BCUT2D eigenvalue weighted by Crippen LogP contribution is 2.51. The summed E-state index contributed by atoms with van der Waals surface area (Å²) in [7, 11) is 1.74. The number of nitrogens with zero attached hydrogens (tertiary/aromatic N) is 2. The number of nitrogens with one attached hydrogen (secondary N) is 1. The number of rotatable bonds is 7. The zero-order valence-corrected chi connectivity index (χ0v) is 19.8. The van der Waals surface area contributed by atoms with Gasteiger partial charge in [-0.05, 0) is 44.6 Å². The van der Waals surface area contributed by atoms with Crippen LogP contribution in [0.25, 0.3) is 0 Å². The fraction of sp³-hybridized carbons (Fsp3) is 0.760. The molecule has 0 bridgehead atoms. The van der Waals surface area contributed by atoms with Crippen molar-refractivity contribution in [1.29, 1.82) is 0 Å². The van der Waals surface area contributed by atoms with Crippen LogP contribution in [-0.4, -0.2) is 80.8 Å². The van der Waals surface area contributed by atoms with Gasteiger partial charge in [-0.3, -0.25) is 9.79 Å². The molecule has 0 spiro atoms. The first kappa shape index (κ1) is 23.6. The van der Waals surface area contributed by atoms with E-state index in [9.17, 15) is 4.79 Å². The average Bonchev–Trinajstić information content (AvgIpc) is 3.30. The predicted octanol–water partition coefficient (Wildman–Crippen LogP) is 2.86. The van der Waals surface area contributed by atoms with Crippen LogP contribution in [-0.2, 0) is 19.0 Å². The van der Waals surface area contributed by atoms with Crippen molar-refractivity contribution in [3.63, 3.8) is 0 Å². The van der Waals surface area contributed by atoms with Crippen LogP contribution in [0.2, 0.25) is 0 Å². The van der Waals surface area contributed by atoms with Crippen LogP contribution in [0, 0.1) is 5.41 Å². The summed E-state index contributed by atoms with van der Waals surface area (Å²) in [5.74, 6) is 0.240. The van der Waals surface area contributed by atoms with Gasteiger partial charge in [-0.25, -0.2) is 0 Å². The molecule has 178 valence electrons. The van der Waals surface area contributed by atoms with Crippen LogP contribution in [0.4, 0.5) is 0 Å². The Hall–Kier alpha value is -1.54. The van der Waals surface area contributed by atoms with Crippen LogP contribution in [0.5, 0.6) is 0 Å². The van der Waals surface area contributed by atoms with E-state index in [1.165, 1.54) is 0 Å². The van der Waals surface area contributed by atoms with Gasteiger partial charge in [0.05, 0.1) is 30.3 Å². The molecule has 4 rings (SSSR count). The number of hydrogen-bond donors (Lipinski definition) is 1. The number of aliphatic imine (C=N–C) groups is 1. The zero-order chi connectivity index (χ0) is 22.7. The second-order valence-electron chi connectivity index (χ2n) is 9.72. The number of ether oxygens (including phenoxy) is 3. The molecule has 1 saturated carbocycles. The molecule has 0 aromatic carbocycles. The van der Waals surface area contributed by atoms with Gasteiger partial charge in [0, 0.05) is 57.2 Å². The van der Waals surface area contributed by atoms with Gasteiger partial charge >= 0.3 is 0 Å². The lowest BCUT2D eigenvalue weighted by molar-refractivity contribution is -0.144. The van der Waals surface area contributed by atoms with Crippen molar-refractivity contribution >= 4 is 12.1 Å². The van der Waals surface area contributed by atoms with Crippen LogP contribution in [0.3, 0.4) is 0 Å². The highest BCUT2D eigenvalue weighted by molar-refractivity contribution is 5.85. The quantitative estimate of drug-likeness (QED) is 0.610. The first-order valence-corrected chi connectivity index (χ1v) is 12.2. The minimum absolute atomic E-state index is 0.0287. The zero-order valence-electron chi connectivity index (χ0n) is 19.8. The molecule has 0 radical (unpaired) electrons. The number of fused-ring (bicyclic) bond motifs is 1. The van der Waals surface area contributed by atoms with Gasteiger partial charge in [-0.1, -0.05) is 19.6 Å². The lowest BCUT2D eigenvalue weighted by Gasteiger charge is -2.37. The number of carbonyl (C=O) groups excluding carboxylic acids is 1. The minimum Gasteiger partial charge on any atom is -0.379 e. The molecule has 3 fully saturated rings. The summed E-state index contributed by atoms with van der Waals surface area (Å²) in [6.07, 6.45) is 9.03. The first-order chi connectivity index (χ1) is 15.5. The largest absolute Gasteiger partial charge is 0.379 e. The first-order valence-electron chi connectivity index (χ1n) is 12.2. The monoisotopic (exact) mass is 445 g/mol. The molecule has 3 heterocycles. The van der Waals surface area contributed by atoms with Crippen LogP contribution < -0.4 is 5.32 Å². The third kappa shape index (κ3) is 4.58. The topological polar surface area (TPSA) is 72.4 Å². The third-order valence-corrected chi connectivity index (χ3v) is 7.57. The summed E-state index contributed by atoms with van der Waals surface area (Å²) in [6.45, 7) is 10.8. The Morgan fingerprint density at radius 2 is 2.28 bits per heavy atom. The van der Waals surface area contributed by atoms with Crippen LogP contribution in [0.15, 0.2) is 28.9 Å². The molecule has 4 aliphatic rings. The number of hydrogen-bond acceptors (Lipinski definition) is 6. The molecular weight excluding hydrogens is 406 g/mol. The lowest BCUT2D eigenvalue weighted by atomic mass is 9.79. The third-order valence-electron chi connectivity index (χ3n) is 7.57. The van der Waals surface area contributed by atoms with Gasteiger partial charge < -0.3 is 24.4 Å². The molecule has 0 aromatic rings. The predicted molar refractivity (Wildman–Crippen MR) is 125 cm³/mol. The summed E-state index contributed by atoms with van der Waals surface area (Å²) in [5, 5.41) is 3.79. The van der Waals surface area contributed by atoms with Gasteiger partial charge in [0.1, 0.15) is 0 Å². The van der Waals surface area contributed by atoms with Crippen molar-refractivity contribution < 1.29 is 19.0 Å². The molecule has 1 N–H and O–H groups in total. The van der Waals surface area contributed by atoms with Crippen molar-refractivity contribution in [1.82, 2.24) is 10.2 Å². The molecule has 3 aliphatic heterocycles. The Morgan fingerprint density at radius 1 is 1.44 bits per heavy atom. The molecule has 6 atom stereocenters. The van der Waals surface area contributed by atoms with E-state index >= 15 is 0 Å². The van der Waals surface area contributed by atoms with Gasteiger partial charge in [-0.2, -0.15) is 0 Å². The summed E-state index contributed by atoms with van der Waals surface area (Å²) < 4.78 is 17.5. The molecule has 32 heavy (non-hydrogen) atoms. The maximum absolute atomic E-state index is 14.0. The Balaban J connectivity index is 1.48. The fourth-order valence-corrected chi connectivity index (χ4v) is 6.05. The number of methoxy groups -OCH3 is 1. The fourth-order valence-electron chi connectivity index (χ4n) is 6.05. The standard InChI is InChI=1S/C25H39N3O4/c1-5-9-26-20-7-10-28(15-18(20)6-2)24(29)25-13-17(3)32-23(25)12-19(14-25)27-21-8-11-31-16-22(21)30-4/h6,9,17,19,21-23,27H,2,5,7-8,10-16H2,1,3-4H3/t17?,19-,21?,22?,23-,25-/m1/s1. The van der Waals surface area contributed by atoms with Gasteiger partial charge in [0.2, 0.25) is 5.91 Å². The van der Waals surface area contributed by atoms with Crippen LogP contribution in [0.1, 0.15) is 52.4 Å². The van der Waals surface area contributed by atoms with E-state index in [-0.39, 0.29) is 36.3 Å². The Morgan fingerprint density at radius 3 is 3.03 bits per heavy atom. The van der Waals surface area contributed by atoms with Crippen LogP contribution >= 0.6 is 0 Å². The van der Waals surface area contributed by atoms with Gasteiger partial charge in [0.15, 0.2) is 0 Å². The number of carbonyl (C=O) groups is 1. The summed E-state index contributed by atoms with van der Waals surface area (Å²) in [4.78, 5) is 20.6. The molecule has 2 saturated heterocycles. The molecular formula is C25H39N3O4. The Labute approximate surface area is 192 Å². The summed E-state index contributed by atoms with van der Waals surface area (Å²) in [5.41, 5.74) is 1.68. The van der Waals surface area contributed by atoms with Crippen molar-refractivity contribution in [2.75, 3.05) is 33.4 Å². The second kappa shape index (κ2) is 10.2. The second-order valence-corrected chi connectivity index (χ2v) is 9.72. The van der Waals surface area contributed by atoms with E-state index in [1.807, 2.05) is 17.2 Å². The van der Waals surface area contributed by atoms with E-state index in [0.29, 0.717) is 19.7 Å². The maximum atomic E-state index is 14.0. The highest BCUT2D eigenvalue weighted by atomic mass is 16.5. The molecule has 7 heteroatoms.